The summed E-state index contributed by atoms with van der Waals surface area (Å²) in [7, 11) is 0. The van der Waals surface area contributed by atoms with Crippen molar-refractivity contribution in [3.05, 3.63) is 35.9 Å². The predicted octanol–water partition coefficient (Wildman–Crippen LogP) is 2.94. The van der Waals surface area contributed by atoms with E-state index in [1.807, 2.05) is 11.8 Å². The molecule has 0 aromatic heterocycles. The fourth-order valence-electron chi connectivity index (χ4n) is 2.70. The summed E-state index contributed by atoms with van der Waals surface area (Å²) in [6.45, 7) is 3.73. The first-order valence-corrected chi connectivity index (χ1v) is 7.25. The van der Waals surface area contributed by atoms with Gasteiger partial charge in [-0.15, -0.1) is 12.4 Å². The van der Waals surface area contributed by atoms with Crippen LogP contribution in [0.1, 0.15) is 44.1 Å². The molecule has 1 aliphatic heterocycles. The second kappa shape index (κ2) is 8.28. The second-order valence-electron chi connectivity index (χ2n) is 5.58. The number of rotatable bonds is 4. The number of benzene rings is 1. The molecular formula is C16H25ClN2O. The number of amides is 1. The van der Waals surface area contributed by atoms with Crippen molar-refractivity contribution in [1.82, 2.24) is 4.90 Å². The highest BCUT2D eigenvalue weighted by Gasteiger charge is 2.23. The van der Waals surface area contributed by atoms with E-state index in [2.05, 4.69) is 30.3 Å². The molecule has 0 spiro atoms. The second-order valence-corrected chi connectivity index (χ2v) is 5.58. The van der Waals surface area contributed by atoms with Crippen LogP contribution in [-0.2, 0) is 4.79 Å². The average Bonchev–Trinajstić information content (AvgIpc) is 2.46. The van der Waals surface area contributed by atoms with Gasteiger partial charge in [-0.3, -0.25) is 4.79 Å². The van der Waals surface area contributed by atoms with Gasteiger partial charge in [0, 0.05) is 25.6 Å². The molecule has 1 heterocycles. The van der Waals surface area contributed by atoms with Crippen LogP contribution in [0.2, 0.25) is 0 Å². The number of hydrogen-bond donors (Lipinski definition) is 1. The molecule has 20 heavy (non-hydrogen) atoms. The van der Waals surface area contributed by atoms with E-state index >= 15 is 0 Å². The molecule has 1 aromatic rings. The van der Waals surface area contributed by atoms with Gasteiger partial charge in [0.15, 0.2) is 0 Å². The predicted molar refractivity (Wildman–Crippen MR) is 85.1 cm³/mol. The molecule has 1 aromatic carbocycles. The Labute approximate surface area is 127 Å². The van der Waals surface area contributed by atoms with E-state index in [1.54, 1.807) is 0 Å². The van der Waals surface area contributed by atoms with Crippen molar-refractivity contribution in [3.63, 3.8) is 0 Å². The third kappa shape index (κ3) is 4.80. The van der Waals surface area contributed by atoms with Crippen molar-refractivity contribution < 1.29 is 4.79 Å². The summed E-state index contributed by atoms with van der Waals surface area (Å²) in [5.74, 6) is 0.877. The molecule has 1 aliphatic rings. The highest BCUT2D eigenvalue weighted by atomic mass is 35.5. The molecule has 112 valence electrons. The van der Waals surface area contributed by atoms with E-state index in [0.29, 0.717) is 12.3 Å². The van der Waals surface area contributed by atoms with Crippen molar-refractivity contribution in [2.75, 3.05) is 13.1 Å². The molecule has 1 fully saturated rings. The van der Waals surface area contributed by atoms with Crippen LogP contribution in [0, 0.1) is 0 Å². The Morgan fingerprint density at radius 3 is 2.45 bits per heavy atom. The lowest BCUT2D eigenvalue weighted by Crippen LogP contribution is -2.38. The van der Waals surface area contributed by atoms with Crippen LogP contribution in [0.25, 0.3) is 0 Å². The summed E-state index contributed by atoms with van der Waals surface area (Å²) < 4.78 is 0. The molecule has 1 amide bonds. The largest absolute Gasteiger partial charge is 0.343 e. The van der Waals surface area contributed by atoms with E-state index in [9.17, 15) is 4.79 Å². The van der Waals surface area contributed by atoms with Crippen LogP contribution in [-0.4, -0.2) is 29.9 Å². The number of carbonyl (C=O) groups excluding carboxylic acids is 1. The van der Waals surface area contributed by atoms with Gasteiger partial charge in [0.1, 0.15) is 0 Å². The Kier molecular flexibility index (Phi) is 7.03. The third-order valence-electron chi connectivity index (χ3n) is 3.93. The minimum absolute atomic E-state index is 0. The minimum Gasteiger partial charge on any atom is -0.343 e. The molecule has 4 heteroatoms. The normalized spacial score (nSPS) is 17.4. The van der Waals surface area contributed by atoms with Crippen LogP contribution in [0.5, 0.6) is 0 Å². The van der Waals surface area contributed by atoms with Gasteiger partial charge in [-0.25, -0.2) is 0 Å². The number of nitrogens with zero attached hydrogens (tertiary/aromatic N) is 1. The molecule has 1 saturated heterocycles. The summed E-state index contributed by atoms with van der Waals surface area (Å²) in [4.78, 5) is 14.0. The Morgan fingerprint density at radius 1 is 1.30 bits per heavy atom. The lowest BCUT2D eigenvalue weighted by molar-refractivity contribution is -0.132. The zero-order valence-electron chi connectivity index (χ0n) is 12.1. The molecule has 0 bridgehead atoms. The fourth-order valence-corrected chi connectivity index (χ4v) is 2.70. The summed E-state index contributed by atoms with van der Waals surface area (Å²) in [5.41, 5.74) is 7.11. The first kappa shape index (κ1) is 17.0. The Balaban J connectivity index is 0.00000200. The third-order valence-corrected chi connectivity index (χ3v) is 3.93. The molecule has 0 saturated carbocycles. The van der Waals surface area contributed by atoms with Crippen molar-refractivity contribution in [3.8, 4) is 0 Å². The van der Waals surface area contributed by atoms with Gasteiger partial charge in [0.25, 0.3) is 0 Å². The van der Waals surface area contributed by atoms with Gasteiger partial charge in [-0.1, -0.05) is 30.3 Å². The summed E-state index contributed by atoms with van der Waals surface area (Å²) in [6, 6.07) is 10.7. The van der Waals surface area contributed by atoms with Crippen LogP contribution < -0.4 is 5.73 Å². The standard InChI is InChI=1S/C16H24N2O.ClH/c1-13(17)7-8-16(19)18-11-9-15(10-12-18)14-5-3-2-4-6-14;/h2-6,13,15H,7-12,17H2,1H3;1H. The Hall–Kier alpha value is -1.06. The maximum atomic E-state index is 12.0. The van der Waals surface area contributed by atoms with Gasteiger partial charge >= 0.3 is 0 Å². The number of hydrogen-bond acceptors (Lipinski definition) is 2. The minimum atomic E-state index is 0. The van der Waals surface area contributed by atoms with Gasteiger partial charge in [-0.05, 0) is 37.7 Å². The number of halogens is 1. The topological polar surface area (TPSA) is 46.3 Å². The van der Waals surface area contributed by atoms with Gasteiger partial charge in [0.05, 0.1) is 0 Å². The average molecular weight is 297 g/mol. The van der Waals surface area contributed by atoms with Gasteiger partial charge in [0.2, 0.25) is 5.91 Å². The Bertz CT molecular complexity index is 400. The highest BCUT2D eigenvalue weighted by molar-refractivity contribution is 5.85. The lowest BCUT2D eigenvalue weighted by Gasteiger charge is -2.32. The lowest BCUT2D eigenvalue weighted by atomic mass is 9.89. The summed E-state index contributed by atoms with van der Waals surface area (Å²) in [5, 5.41) is 0. The highest BCUT2D eigenvalue weighted by Crippen LogP contribution is 2.27. The fraction of sp³-hybridized carbons (Fsp3) is 0.562. The van der Waals surface area contributed by atoms with Crippen LogP contribution in [0.4, 0.5) is 0 Å². The van der Waals surface area contributed by atoms with Crippen LogP contribution in [0.3, 0.4) is 0 Å². The Morgan fingerprint density at radius 2 is 1.90 bits per heavy atom. The van der Waals surface area contributed by atoms with Gasteiger partial charge in [-0.2, -0.15) is 0 Å². The summed E-state index contributed by atoms with van der Waals surface area (Å²) >= 11 is 0. The van der Waals surface area contributed by atoms with Crippen LogP contribution >= 0.6 is 12.4 Å². The maximum Gasteiger partial charge on any atom is 0.222 e. The molecule has 2 rings (SSSR count). The van der Waals surface area contributed by atoms with Crippen molar-refractivity contribution >= 4 is 18.3 Å². The number of carbonyl (C=O) groups is 1. The molecule has 1 atom stereocenters. The molecular weight excluding hydrogens is 272 g/mol. The van der Waals surface area contributed by atoms with E-state index < -0.39 is 0 Å². The van der Waals surface area contributed by atoms with E-state index in [1.165, 1.54) is 5.56 Å². The number of likely N-dealkylation sites (tertiary alicyclic amines) is 1. The van der Waals surface area contributed by atoms with E-state index in [0.717, 1.165) is 32.4 Å². The molecule has 0 radical (unpaired) electrons. The first-order chi connectivity index (χ1) is 9.16. The van der Waals surface area contributed by atoms with Crippen molar-refractivity contribution in [2.45, 2.75) is 44.6 Å². The molecule has 2 N–H and O–H groups in total. The molecule has 3 nitrogen and oxygen atoms in total. The van der Waals surface area contributed by atoms with E-state index in [4.69, 9.17) is 5.73 Å². The van der Waals surface area contributed by atoms with Crippen molar-refractivity contribution in [1.29, 1.82) is 0 Å². The maximum absolute atomic E-state index is 12.0. The zero-order chi connectivity index (χ0) is 13.7. The molecule has 1 unspecified atom stereocenters. The number of piperidine rings is 1. The smallest absolute Gasteiger partial charge is 0.222 e. The van der Waals surface area contributed by atoms with Crippen molar-refractivity contribution in [2.24, 2.45) is 5.73 Å². The first-order valence-electron chi connectivity index (χ1n) is 7.25. The zero-order valence-corrected chi connectivity index (χ0v) is 12.9. The van der Waals surface area contributed by atoms with Gasteiger partial charge < -0.3 is 10.6 Å². The quantitative estimate of drug-likeness (QED) is 0.928. The van der Waals surface area contributed by atoms with Crippen LogP contribution in [0.15, 0.2) is 30.3 Å². The summed E-state index contributed by atoms with van der Waals surface area (Å²) in [6.07, 6.45) is 3.53. The number of nitrogens with two attached hydrogens (primary N) is 1. The SMILES string of the molecule is CC(N)CCC(=O)N1CCC(c2ccccc2)CC1.Cl. The monoisotopic (exact) mass is 296 g/mol. The van der Waals surface area contributed by atoms with E-state index in [-0.39, 0.29) is 24.4 Å². The molecule has 0 aliphatic carbocycles.